The third-order valence-corrected chi connectivity index (χ3v) is 6.99. The number of hydrogen-bond acceptors (Lipinski definition) is 4. The molecule has 0 amide bonds. The summed E-state index contributed by atoms with van der Waals surface area (Å²) >= 11 is 0. The normalized spacial score (nSPS) is 16.1. The van der Waals surface area contributed by atoms with Crippen molar-refractivity contribution >= 4 is 15.5 Å². The van der Waals surface area contributed by atoms with Gasteiger partial charge in [0.15, 0.2) is 0 Å². The highest BCUT2D eigenvalue weighted by Crippen LogP contribution is 2.32. The highest BCUT2D eigenvalue weighted by atomic mass is 32.2. The lowest BCUT2D eigenvalue weighted by Gasteiger charge is -2.37. The first kappa shape index (κ1) is 19.9. The van der Waals surface area contributed by atoms with Crippen LogP contribution in [0.15, 0.2) is 52.3 Å². The first-order valence-electron chi connectivity index (χ1n) is 9.47. The van der Waals surface area contributed by atoms with Gasteiger partial charge in [0, 0.05) is 32.7 Å². The summed E-state index contributed by atoms with van der Waals surface area (Å²) in [4.78, 5) is 5.43. The van der Waals surface area contributed by atoms with E-state index in [-0.39, 0.29) is 0 Å². The second-order valence-corrected chi connectivity index (χ2v) is 9.60. The number of anilines is 1. The molecule has 3 rings (SSSR count). The summed E-state index contributed by atoms with van der Waals surface area (Å²) in [6.07, 6.45) is 0. The van der Waals surface area contributed by atoms with Crippen molar-refractivity contribution in [2.45, 2.75) is 37.5 Å². The maximum Gasteiger partial charge on any atom is 0.208 e. The van der Waals surface area contributed by atoms with E-state index in [2.05, 4.69) is 23.6 Å². The van der Waals surface area contributed by atoms with Crippen molar-refractivity contribution in [3.63, 3.8) is 0 Å². The molecule has 0 aromatic heterocycles. The minimum atomic E-state index is -3.56. The van der Waals surface area contributed by atoms with Gasteiger partial charge in [-0.25, -0.2) is 8.42 Å². The smallest absolute Gasteiger partial charge is 0.208 e. The Morgan fingerprint density at radius 3 is 2.22 bits per heavy atom. The van der Waals surface area contributed by atoms with Gasteiger partial charge in [-0.2, -0.15) is 0 Å². The SMILES string of the molecule is C[C](C)CN1CCN(c2ccccc2S(=O)(=O)c2ccc(C)cc2C)CC1. The Bertz CT molecular complexity index is 898. The molecule has 0 spiro atoms. The molecule has 0 aliphatic carbocycles. The molecule has 0 N–H and O–H groups in total. The van der Waals surface area contributed by atoms with Crippen molar-refractivity contribution in [2.75, 3.05) is 37.6 Å². The van der Waals surface area contributed by atoms with Crippen LogP contribution in [-0.2, 0) is 9.84 Å². The molecule has 1 saturated heterocycles. The van der Waals surface area contributed by atoms with E-state index in [4.69, 9.17) is 0 Å². The van der Waals surface area contributed by atoms with Crippen LogP contribution in [-0.4, -0.2) is 46.0 Å². The molecule has 2 aromatic rings. The first-order valence-corrected chi connectivity index (χ1v) is 10.9. The number of aryl methyl sites for hydroxylation is 2. The van der Waals surface area contributed by atoms with E-state index in [0.717, 1.165) is 49.5 Å². The fraction of sp³-hybridized carbons (Fsp3) is 0.409. The predicted molar refractivity (Wildman–Crippen MR) is 111 cm³/mol. The van der Waals surface area contributed by atoms with Crippen molar-refractivity contribution < 1.29 is 8.42 Å². The van der Waals surface area contributed by atoms with Crippen LogP contribution in [0.4, 0.5) is 5.69 Å². The van der Waals surface area contributed by atoms with Gasteiger partial charge < -0.3 is 4.90 Å². The molecule has 0 atom stereocenters. The third-order valence-electron chi connectivity index (χ3n) is 5.03. The first-order chi connectivity index (χ1) is 12.8. The molecule has 1 aliphatic rings. The molecular formula is C22H29N2O2S. The van der Waals surface area contributed by atoms with E-state index >= 15 is 0 Å². The van der Waals surface area contributed by atoms with E-state index in [1.165, 1.54) is 5.92 Å². The van der Waals surface area contributed by atoms with Crippen LogP contribution in [0.3, 0.4) is 0 Å². The summed E-state index contributed by atoms with van der Waals surface area (Å²) in [5.41, 5.74) is 2.68. The van der Waals surface area contributed by atoms with Crippen LogP contribution in [0.5, 0.6) is 0 Å². The molecule has 1 heterocycles. The van der Waals surface area contributed by atoms with Crippen molar-refractivity contribution in [2.24, 2.45) is 0 Å². The van der Waals surface area contributed by atoms with Crippen LogP contribution in [0.25, 0.3) is 0 Å². The fourth-order valence-corrected chi connectivity index (χ4v) is 5.46. The summed E-state index contributed by atoms with van der Waals surface area (Å²) in [6.45, 7) is 12.7. The summed E-state index contributed by atoms with van der Waals surface area (Å²) in [5, 5.41) is 0. The van der Waals surface area contributed by atoms with Crippen molar-refractivity contribution in [1.82, 2.24) is 4.90 Å². The molecule has 1 radical (unpaired) electrons. The van der Waals surface area contributed by atoms with Crippen LogP contribution < -0.4 is 4.90 Å². The predicted octanol–water partition coefficient (Wildman–Crippen LogP) is 3.87. The lowest BCUT2D eigenvalue weighted by molar-refractivity contribution is 0.267. The topological polar surface area (TPSA) is 40.6 Å². The molecule has 5 heteroatoms. The van der Waals surface area contributed by atoms with Gasteiger partial charge in [-0.3, -0.25) is 4.90 Å². The minimum Gasteiger partial charge on any atom is -0.368 e. The molecule has 0 unspecified atom stereocenters. The summed E-state index contributed by atoms with van der Waals surface area (Å²) in [7, 11) is -3.56. The standard InChI is InChI=1S/C22H29N2O2S/c1-17(2)16-23-11-13-24(14-12-23)20-7-5-6-8-22(20)27(25,26)21-10-9-18(3)15-19(21)4/h5-10,15H,11-14,16H2,1-4H3. The molecule has 1 fully saturated rings. The summed E-state index contributed by atoms with van der Waals surface area (Å²) in [6, 6.07) is 12.9. The molecule has 2 aromatic carbocycles. The quantitative estimate of drug-likeness (QED) is 0.783. The van der Waals surface area contributed by atoms with Crippen LogP contribution in [0.1, 0.15) is 25.0 Å². The van der Waals surface area contributed by atoms with E-state index in [0.29, 0.717) is 9.79 Å². The van der Waals surface area contributed by atoms with E-state index in [1.807, 2.05) is 44.2 Å². The highest BCUT2D eigenvalue weighted by Gasteiger charge is 2.27. The van der Waals surface area contributed by atoms with Gasteiger partial charge in [-0.15, -0.1) is 0 Å². The second-order valence-electron chi connectivity index (χ2n) is 7.71. The Balaban J connectivity index is 1.91. The zero-order valence-corrected chi connectivity index (χ0v) is 17.5. The average molecular weight is 386 g/mol. The van der Waals surface area contributed by atoms with Gasteiger partial charge in [-0.05, 0) is 43.5 Å². The van der Waals surface area contributed by atoms with Gasteiger partial charge in [0.1, 0.15) is 0 Å². The maximum atomic E-state index is 13.4. The van der Waals surface area contributed by atoms with Crippen LogP contribution in [0.2, 0.25) is 0 Å². The van der Waals surface area contributed by atoms with Gasteiger partial charge in [0.05, 0.1) is 15.5 Å². The Morgan fingerprint density at radius 1 is 0.926 bits per heavy atom. The highest BCUT2D eigenvalue weighted by molar-refractivity contribution is 7.91. The van der Waals surface area contributed by atoms with E-state index in [1.54, 1.807) is 12.1 Å². The lowest BCUT2D eigenvalue weighted by atomic mass is 10.2. The Morgan fingerprint density at radius 2 is 1.59 bits per heavy atom. The number of para-hydroxylation sites is 1. The van der Waals surface area contributed by atoms with Crippen molar-refractivity contribution in [3.05, 3.63) is 59.5 Å². The average Bonchev–Trinajstić information content (AvgIpc) is 2.61. The molecule has 1 aliphatic heterocycles. The number of sulfone groups is 1. The number of benzene rings is 2. The number of rotatable bonds is 5. The van der Waals surface area contributed by atoms with Gasteiger partial charge in [0.2, 0.25) is 9.84 Å². The number of piperazine rings is 1. The zero-order valence-electron chi connectivity index (χ0n) is 16.7. The van der Waals surface area contributed by atoms with Crippen molar-refractivity contribution in [1.29, 1.82) is 0 Å². The van der Waals surface area contributed by atoms with Crippen molar-refractivity contribution in [3.8, 4) is 0 Å². The number of nitrogens with zero attached hydrogens (tertiary/aromatic N) is 2. The van der Waals surface area contributed by atoms with E-state index < -0.39 is 9.84 Å². The summed E-state index contributed by atoms with van der Waals surface area (Å²) in [5.74, 6) is 1.40. The fourth-order valence-electron chi connectivity index (χ4n) is 3.76. The van der Waals surface area contributed by atoms with Crippen LogP contribution >= 0.6 is 0 Å². The second kappa shape index (κ2) is 8.03. The molecule has 145 valence electrons. The van der Waals surface area contributed by atoms with Gasteiger partial charge in [0.25, 0.3) is 0 Å². The van der Waals surface area contributed by atoms with E-state index in [9.17, 15) is 8.42 Å². The molecule has 27 heavy (non-hydrogen) atoms. The Labute approximate surface area is 163 Å². The lowest BCUT2D eigenvalue weighted by Crippen LogP contribution is -2.47. The van der Waals surface area contributed by atoms with Gasteiger partial charge >= 0.3 is 0 Å². The molecule has 0 bridgehead atoms. The Kier molecular flexibility index (Phi) is 5.92. The van der Waals surface area contributed by atoms with Gasteiger partial charge in [-0.1, -0.05) is 43.7 Å². The Hall–Kier alpha value is -1.85. The zero-order chi connectivity index (χ0) is 19.6. The molecule has 0 saturated carbocycles. The number of hydrogen-bond donors (Lipinski definition) is 0. The monoisotopic (exact) mass is 385 g/mol. The minimum absolute atomic E-state index is 0.399. The van der Waals surface area contributed by atoms with Crippen LogP contribution in [0, 0.1) is 19.8 Å². The summed E-state index contributed by atoms with van der Waals surface area (Å²) < 4.78 is 26.8. The maximum absolute atomic E-state index is 13.4. The largest absolute Gasteiger partial charge is 0.368 e. The molecular weight excluding hydrogens is 356 g/mol. The third kappa shape index (κ3) is 4.36. The molecule has 4 nitrogen and oxygen atoms in total.